The first-order valence-corrected chi connectivity index (χ1v) is 12.6. The Kier molecular flexibility index (Phi) is 7.06. The Morgan fingerprint density at radius 2 is 1.27 bits per heavy atom. The zero-order chi connectivity index (χ0) is 24.2. The van der Waals surface area contributed by atoms with Crippen molar-refractivity contribution in [2.45, 2.75) is 9.79 Å². The zero-order valence-corrected chi connectivity index (χ0v) is 19.8. The van der Waals surface area contributed by atoms with Crippen LogP contribution in [0.15, 0.2) is 82.6 Å². The van der Waals surface area contributed by atoms with Gasteiger partial charge in [-0.05, 0) is 72.8 Å². The molecule has 11 heteroatoms. The van der Waals surface area contributed by atoms with E-state index in [0.29, 0.717) is 17.1 Å². The average molecular weight is 490 g/mol. The molecule has 0 aromatic heterocycles. The topological polar surface area (TPSA) is 122 Å². The zero-order valence-electron chi connectivity index (χ0n) is 18.1. The minimum atomic E-state index is -3.82. The van der Waals surface area contributed by atoms with Crippen LogP contribution in [-0.2, 0) is 20.0 Å². The van der Waals surface area contributed by atoms with E-state index < -0.39 is 26.0 Å². The smallest absolute Gasteiger partial charge is 0.261 e. The van der Waals surface area contributed by atoms with Gasteiger partial charge in [0.1, 0.15) is 5.75 Å². The van der Waals surface area contributed by atoms with Crippen molar-refractivity contribution in [2.24, 2.45) is 0 Å². The van der Waals surface area contributed by atoms with Crippen LogP contribution in [0.4, 0.5) is 11.4 Å². The molecule has 3 aromatic carbocycles. The van der Waals surface area contributed by atoms with Crippen LogP contribution < -0.4 is 14.8 Å². The molecule has 0 aliphatic carbocycles. The number of hydrogen-bond donors (Lipinski definition) is 2. The summed E-state index contributed by atoms with van der Waals surface area (Å²) in [6, 6.07) is 17.6. The number of carbonyl (C=O) groups is 1. The van der Waals surface area contributed by atoms with Gasteiger partial charge >= 0.3 is 0 Å². The molecular formula is C22H23N3O6S2. The minimum Gasteiger partial charge on any atom is -0.497 e. The van der Waals surface area contributed by atoms with Crippen molar-refractivity contribution in [3.63, 3.8) is 0 Å². The maximum absolute atomic E-state index is 12.6. The highest BCUT2D eigenvalue weighted by Crippen LogP contribution is 2.21. The standard InChI is InChI=1S/C22H23N3O6S2/c1-25(2)33(29,30)21-12-4-16(5-13-21)22(26)23-17-8-14-20(15-9-17)32(27,28)24-18-6-10-19(31-3)11-7-18/h4-15,24H,1-3H3,(H,23,26). The molecule has 0 aliphatic heterocycles. The van der Waals surface area contributed by atoms with Crippen molar-refractivity contribution in [3.8, 4) is 5.75 Å². The molecule has 3 rings (SSSR count). The van der Waals surface area contributed by atoms with E-state index >= 15 is 0 Å². The number of anilines is 2. The number of nitrogens with one attached hydrogen (secondary N) is 2. The fraction of sp³-hybridized carbons (Fsp3) is 0.136. The van der Waals surface area contributed by atoms with Gasteiger partial charge in [-0.15, -0.1) is 0 Å². The van der Waals surface area contributed by atoms with Gasteiger partial charge in [0.25, 0.3) is 15.9 Å². The highest BCUT2D eigenvalue weighted by Gasteiger charge is 2.18. The molecule has 0 atom stereocenters. The monoisotopic (exact) mass is 489 g/mol. The van der Waals surface area contributed by atoms with Gasteiger partial charge in [0.2, 0.25) is 10.0 Å². The second-order valence-electron chi connectivity index (χ2n) is 7.12. The summed E-state index contributed by atoms with van der Waals surface area (Å²) < 4.78 is 58.0. The summed E-state index contributed by atoms with van der Waals surface area (Å²) in [6.45, 7) is 0. The first kappa shape index (κ1) is 24.2. The molecule has 9 nitrogen and oxygen atoms in total. The van der Waals surface area contributed by atoms with Gasteiger partial charge in [-0.25, -0.2) is 21.1 Å². The average Bonchev–Trinajstić information content (AvgIpc) is 2.79. The molecule has 0 radical (unpaired) electrons. The van der Waals surface area contributed by atoms with E-state index in [-0.39, 0.29) is 15.4 Å². The first-order valence-electron chi connectivity index (χ1n) is 9.64. The Labute approximate surface area is 193 Å². The van der Waals surface area contributed by atoms with Crippen LogP contribution in [0.1, 0.15) is 10.4 Å². The van der Waals surface area contributed by atoms with E-state index in [2.05, 4.69) is 10.0 Å². The van der Waals surface area contributed by atoms with E-state index in [1.54, 1.807) is 24.3 Å². The minimum absolute atomic E-state index is 0.0227. The van der Waals surface area contributed by atoms with Crippen molar-refractivity contribution in [1.82, 2.24) is 4.31 Å². The Hall–Kier alpha value is -3.41. The maximum atomic E-state index is 12.6. The molecule has 0 saturated heterocycles. The van der Waals surface area contributed by atoms with Gasteiger partial charge in [-0.2, -0.15) is 0 Å². The molecule has 174 valence electrons. The second kappa shape index (κ2) is 9.61. The largest absolute Gasteiger partial charge is 0.497 e. The molecule has 3 aromatic rings. The maximum Gasteiger partial charge on any atom is 0.261 e. The summed E-state index contributed by atoms with van der Waals surface area (Å²) in [5, 5.41) is 2.65. The lowest BCUT2D eigenvalue weighted by Crippen LogP contribution is -2.22. The SMILES string of the molecule is COc1ccc(NS(=O)(=O)c2ccc(NC(=O)c3ccc(S(=O)(=O)N(C)C)cc3)cc2)cc1. The molecule has 1 amide bonds. The summed E-state index contributed by atoms with van der Waals surface area (Å²) in [7, 11) is -3.05. The van der Waals surface area contributed by atoms with Crippen molar-refractivity contribution in [3.05, 3.63) is 78.4 Å². The Morgan fingerprint density at radius 1 is 0.758 bits per heavy atom. The lowest BCUT2D eigenvalue weighted by Gasteiger charge is -2.12. The number of methoxy groups -OCH3 is 1. The fourth-order valence-electron chi connectivity index (χ4n) is 2.78. The number of nitrogens with zero attached hydrogens (tertiary/aromatic N) is 1. The number of carbonyl (C=O) groups excluding carboxylic acids is 1. The molecule has 0 aliphatic rings. The molecule has 0 unspecified atom stereocenters. The molecule has 0 bridgehead atoms. The van der Waals surface area contributed by atoms with E-state index in [4.69, 9.17) is 4.74 Å². The van der Waals surface area contributed by atoms with Gasteiger partial charge in [-0.1, -0.05) is 0 Å². The van der Waals surface area contributed by atoms with Crippen molar-refractivity contribution >= 4 is 37.3 Å². The molecule has 2 N–H and O–H groups in total. The van der Waals surface area contributed by atoms with Gasteiger partial charge < -0.3 is 10.1 Å². The van der Waals surface area contributed by atoms with E-state index in [9.17, 15) is 21.6 Å². The van der Waals surface area contributed by atoms with Crippen LogP contribution in [0, 0.1) is 0 Å². The summed E-state index contributed by atoms with van der Waals surface area (Å²) in [5.41, 5.74) is 1.02. The number of benzene rings is 3. The van der Waals surface area contributed by atoms with Crippen LogP contribution in [-0.4, -0.2) is 48.3 Å². The normalized spacial score (nSPS) is 11.8. The number of sulfonamides is 2. The predicted octanol–water partition coefficient (Wildman–Crippen LogP) is 3.00. The molecule has 0 fully saturated rings. The molecule has 0 heterocycles. The highest BCUT2D eigenvalue weighted by atomic mass is 32.2. The molecule has 33 heavy (non-hydrogen) atoms. The van der Waals surface area contributed by atoms with E-state index in [0.717, 1.165) is 4.31 Å². The van der Waals surface area contributed by atoms with Crippen LogP contribution in [0.25, 0.3) is 0 Å². The summed E-state index contributed by atoms with van der Waals surface area (Å²) in [4.78, 5) is 12.6. The van der Waals surface area contributed by atoms with E-state index in [1.807, 2.05) is 0 Å². The van der Waals surface area contributed by atoms with Crippen molar-refractivity contribution in [2.75, 3.05) is 31.2 Å². The molecule has 0 spiro atoms. The number of rotatable bonds is 8. The third kappa shape index (κ3) is 5.69. The van der Waals surface area contributed by atoms with Gasteiger partial charge in [0.15, 0.2) is 0 Å². The summed E-state index contributed by atoms with van der Waals surface area (Å²) >= 11 is 0. The van der Waals surface area contributed by atoms with Crippen LogP contribution in [0.3, 0.4) is 0 Å². The second-order valence-corrected chi connectivity index (χ2v) is 11.0. The number of ether oxygens (including phenoxy) is 1. The first-order chi connectivity index (χ1) is 15.5. The molecular weight excluding hydrogens is 466 g/mol. The van der Waals surface area contributed by atoms with Gasteiger partial charge in [0, 0.05) is 31.0 Å². The molecule has 0 saturated carbocycles. The predicted molar refractivity (Wildman–Crippen MR) is 126 cm³/mol. The third-order valence-corrected chi connectivity index (χ3v) is 7.89. The fourth-order valence-corrected chi connectivity index (χ4v) is 4.74. The number of hydrogen-bond acceptors (Lipinski definition) is 6. The highest BCUT2D eigenvalue weighted by molar-refractivity contribution is 7.92. The van der Waals surface area contributed by atoms with Crippen LogP contribution in [0.5, 0.6) is 5.75 Å². The van der Waals surface area contributed by atoms with Gasteiger partial charge in [-0.3, -0.25) is 9.52 Å². The van der Waals surface area contributed by atoms with Crippen LogP contribution >= 0.6 is 0 Å². The number of amides is 1. The van der Waals surface area contributed by atoms with Crippen LogP contribution in [0.2, 0.25) is 0 Å². The Balaban J connectivity index is 1.69. The Morgan fingerprint density at radius 3 is 1.79 bits per heavy atom. The van der Waals surface area contributed by atoms with Crippen molar-refractivity contribution < 1.29 is 26.4 Å². The Bertz CT molecular complexity index is 1330. The van der Waals surface area contributed by atoms with Gasteiger partial charge in [0.05, 0.1) is 16.9 Å². The van der Waals surface area contributed by atoms with E-state index in [1.165, 1.54) is 69.7 Å². The summed E-state index contributed by atoms with van der Waals surface area (Å²) in [6.07, 6.45) is 0. The summed E-state index contributed by atoms with van der Waals surface area (Å²) in [5.74, 6) is 0.141. The quantitative estimate of drug-likeness (QED) is 0.502. The van der Waals surface area contributed by atoms with Crippen molar-refractivity contribution in [1.29, 1.82) is 0 Å². The lowest BCUT2D eigenvalue weighted by atomic mass is 10.2. The lowest BCUT2D eigenvalue weighted by molar-refractivity contribution is 0.102. The third-order valence-electron chi connectivity index (χ3n) is 4.66.